The highest BCUT2D eigenvalue weighted by Gasteiger charge is 2.73. The molecule has 0 aliphatic heterocycles. The summed E-state index contributed by atoms with van der Waals surface area (Å²) in [5, 5.41) is 0. The molecule has 0 aliphatic carbocycles. The molecule has 0 aliphatic rings. The van der Waals surface area contributed by atoms with Crippen LogP contribution in [0.2, 0.25) is 0 Å². The highest BCUT2D eigenvalue weighted by molar-refractivity contribution is 4.91. The lowest BCUT2D eigenvalue weighted by atomic mass is 10.1. The van der Waals surface area contributed by atoms with E-state index >= 15 is 0 Å². The monoisotopic (exact) mass is 468 g/mol. The number of hydrogen-bond acceptors (Lipinski definition) is 2. The Morgan fingerprint density at radius 1 is 0.414 bits per heavy atom. The van der Waals surface area contributed by atoms with Crippen LogP contribution >= 0.6 is 0 Å². The van der Waals surface area contributed by atoms with Crippen molar-refractivity contribution in [3.63, 3.8) is 0 Å². The van der Waals surface area contributed by atoms with Gasteiger partial charge in [-0.1, -0.05) is 0 Å². The predicted molar refractivity (Wildman–Crippen MR) is 67.4 cm³/mol. The quantitative estimate of drug-likeness (QED) is 0.264. The van der Waals surface area contributed by atoms with Gasteiger partial charge in [0.25, 0.3) is 0 Å². The molecule has 0 radical (unpaired) electrons. The van der Waals surface area contributed by atoms with Crippen molar-refractivity contribution < 1.29 is 70.9 Å². The van der Waals surface area contributed by atoms with Crippen LogP contribution in [0.25, 0.3) is 0 Å². The van der Waals surface area contributed by atoms with Crippen molar-refractivity contribution in [1.29, 1.82) is 0 Å². The van der Waals surface area contributed by atoms with E-state index in [9.17, 15) is 61.5 Å². The molecule has 0 N–H and O–H groups in total. The van der Waals surface area contributed by atoms with Crippen molar-refractivity contribution in [3.05, 3.63) is 0 Å². The maximum atomic E-state index is 12.8. The van der Waals surface area contributed by atoms with Crippen molar-refractivity contribution in [1.82, 2.24) is 0 Å². The van der Waals surface area contributed by atoms with Crippen LogP contribution in [0.5, 0.6) is 0 Å². The highest BCUT2D eigenvalue weighted by atomic mass is 19.4. The van der Waals surface area contributed by atoms with E-state index in [1.54, 1.807) is 0 Å². The Hall–Kier alpha value is -1.06. The molecule has 0 fully saturated rings. The van der Waals surface area contributed by atoms with Gasteiger partial charge in [-0.25, -0.2) is 0 Å². The molecule has 0 unspecified atom stereocenters. The van der Waals surface area contributed by atoms with Crippen molar-refractivity contribution in [2.45, 2.75) is 55.3 Å². The third-order valence-corrected chi connectivity index (χ3v) is 3.27. The van der Waals surface area contributed by atoms with Gasteiger partial charge in [0.1, 0.15) is 13.2 Å². The molecular formula is C13H14F14O2. The summed E-state index contributed by atoms with van der Waals surface area (Å²) in [4.78, 5) is 0. The average Bonchev–Trinajstić information content (AvgIpc) is 2.50. The third-order valence-electron chi connectivity index (χ3n) is 3.27. The summed E-state index contributed by atoms with van der Waals surface area (Å²) in [6, 6.07) is 0. The van der Waals surface area contributed by atoms with Gasteiger partial charge in [0, 0.05) is 13.2 Å². The second kappa shape index (κ2) is 9.39. The van der Waals surface area contributed by atoms with E-state index in [1.165, 1.54) is 0 Å². The van der Waals surface area contributed by atoms with E-state index in [0.717, 1.165) is 0 Å². The maximum Gasteiger partial charge on any atom is 0.459 e. The summed E-state index contributed by atoms with van der Waals surface area (Å²) in [5.74, 6) is -23.8. The summed E-state index contributed by atoms with van der Waals surface area (Å²) < 4.78 is 180. The van der Waals surface area contributed by atoms with Gasteiger partial charge in [-0.3, -0.25) is 0 Å². The maximum absolute atomic E-state index is 12.8. The summed E-state index contributed by atoms with van der Waals surface area (Å²) >= 11 is 0. The van der Waals surface area contributed by atoms with Crippen molar-refractivity contribution in [2.24, 2.45) is 0 Å². The summed E-state index contributed by atoms with van der Waals surface area (Å²) in [6.45, 7) is -6.03. The molecule has 2 nitrogen and oxygen atoms in total. The van der Waals surface area contributed by atoms with E-state index in [-0.39, 0.29) is 19.3 Å². The standard InChI is InChI=1S/C13H14F14O2/c14-8(15,10(18,19)12(22,23)24)6-28-4-2-1-3-5-29-7-9(16,17)11(20,21)13(25,26)27/h1-7H2. The van der Waals surface area contributed by atoms with Crippen LogP contribution in [-0.2, 0) is 9.47 Å². The van der Waals surface area contributed by atoms with Gasteiger partial charge in [0.15, 0.2) is 0 Å². The zero-order chi connectivity index (χ0) is 23.4. The second-order valence-corrected chi connectivity index (χ2v) is 5.72. The smallest absolute Gasteiger partial charge is 0.375 e. The lowest BCUT2D eigenvalue weighted by Crippen LogP contribution is -2.54. The molecule has 0 saturated carbocycles. The molecule has 0 aromatic heterocycles. The minimum absolute atomic E-state index is 0.136. The predicted octanol–water partition coefficient (Wildman–Crippen LogP) is 5.86. The SMILES string of the molecule is FC(F)(F)C(F)(F)C(F)(F)COCCCCCOCC(F)(F)C(F)(F)C(F)(F)F. The number of hydrogen-bond donors (Lipinski definition) is 0. The molecule has 176 valence electrons. The Bertz CT molecular complexity index is 453. The van der Waals surface area contributed by atoms with Gasteiger partial charge in [-0.05, 0) is 19.3 Å². The Morgan fingerprint density at radius 3 is 0.931 bits per heavy atom. The first-order valence-electron chi connectivity index (χ1n) is 7.51. The van der Waals surface area contributed by atoms with Crippen LogP contribution in [0.3, 0.4) is 0 Å². The molecule has 0 rings (SSSR count). The molecule has 0 heterocycles. The molecule has 0 atom stereocenters. The molecule has 29 heavy (non-hydrogen) atoms. The van der Waals surface area contributed by atoms with Crippen molar-refractivity contribution in [3.8, 4) is 0 Å². The topological polar surface area (TPSA) is 18.5 Å². The molecule has 0 bridgehead atoms. The van der Waals surface area contributed by atoms with Gasteiger partial charge in [-0.2, -0.15) is 61.5 Å². The Labute approximate surface area is 154 Å². The number of ether oxygens (including phenoxy) is 2. The number of halogens is 14. The van der Waals surface area contributed by atoms with Crippen LogP contribution in [0.4, 0.5) is 61.5 Å². The van der Waals surface area contributed by atoms with Crippen LogP contribution in [0.15, 0.2) is 0 Å². The third kappa shape index (κ3) is 7.00. The molecule has 0 saturated heterocycles. The molecular weight excluding hydrogens is 454 g/mol. The Kier molecular flexibility index (Phi) is 9.05. The van der Waals surface area contributed by atoms with Crippen LogP contribution in [-0.4, -0.2) is 62.5 Å². The van der Waals surface area contributed by atoms with Gasteiger partial charge < -0.3 is 9.47 Å². The first-order valence-corrected chi connectivity index (χ1v) is 7.51. The normalized spacial score (nSPS) is 15.1. The Morgan fingerprint density at radius 2 is 0.690 bits per heavy atom. The lowest BCUT2D eigenvalue weighted by molar-refractivity contribution is -0.361. The zero-order valence-electron chi connectivity index (χ0n) is 14.1. The summed E-state index contributed by atoms with van der Waals surface area (Å²) in [7, 11) is 0. The molecule has 0 aromatic carbocycles. The fourth-order valence-electron chi connectivity index (χ4n) is 1.58. The average molecular weight is 468 g/mol. The van der Waals surface area contributed by atoms with Gasteiger partial charge in [0.2, 0.25) is 0 Å². The van der Waals surface area contributed by atoms with Crippen molar-refractivity contribution >= 4 is 0 Å². The van der Waals surface area contributed by atoms with Crippen LogP contribution in [0, 0.1) is 0 Å². The van der Waals surface area contributed by atoms with E-state index < -0.39 is 62.5 Å². The summed E-state index contributed by atoms with van der Waals surface area (Å²) in [6.07, 6.45) is -13.7. The number of alkyl halides is 14. The molecule has 16 heteroatoms. The summed E-state index contributed by atoms with van der Waals surface area (Å²) in [5.41, 5.74) is 0. The van der Waals surface area contributed by atoms with E-state index in [4.69, 9.17) is 0 Å². The van der Waals surface area contributed by atoms with Crippen molar-refractivity contribution in [2.75, 3.05) is 26.4 Å². The van der Waals surface area contributed by atoms with E-state index in [1.807, 2.05) is 0 Å². The largest absolute Gasteiger partial charge is 0.459 e. The van der Waals surface area contributed by atoms with Crippen LogP contribution < -0.4 is 0 Å². The van der Waals surface area contributed by atoms with E-state index in [2.05, 4.69) is 9.47 Å². The van der Waals surface area contributed by atoms with Crippen LogP contribution in [0.1, 0.15) is 19.3 Å². The number of unbranched alkanes of at least 4 members (excludes halogenated alkanes) is 2. The fourth-order valence-corrected chi connectivity index (χ4v) is 1.58. The minimum atomic E-state index is -6.51. The zero-order valence-corrected chi connectivity index (χ0v) is 14.1. The molecule has 0 amide bonds. The van der Waals surface area contributed by atoms with Gasteiger partial charge in [-0.15, -0.1) is 0 Å². The molecule has 0 aromatic rings. The first-order chi connectivity index (χ1) is 12.7. The first kappa shape index (κ1) is 27.9. The minimum Gasteiger partial charge on any atom is -0.375 e. The fraction of sp³-hybridized carbons (Fsp3) is 1.00. The molecule has 0 spiro atoms. The Balaban J connectivity index is 4.12. The van der Waals surface area contributed by atoms with Gasteiger partial charge >= 0.3 is 36.0 Å². The highest BCUT2D eigenvalue weighted by Crippen LogP contribution is 2.47. The van der Waals surface area contributed by atoms with Gasteiger partial charge in [0.05, 0.1) is 0 Å². The van der Waals surface area contributed by atoms with E-state index in [0.29, 0.717) is 0 Å². The lowest BCUT2D eigenvalue weighted by Gasteiger charge is -2.28. The number of rotatable bonds is 12. The second-order valence-electron chi connectivity index (χ2n) is 5.72.